The van der Waals surface area contributed by atoms with Crippen LogP contribution in [0.15, 0.2) is 18.2 Å². The van der Waals surface area contributed by atoms with Gasteiger partial charge in [-0.2, -0.15) is 0 Å². The molecule has 0 aromatic heterocycles. The Morgan fingerprint density at radius 1 is 1.62 bits per heavy atom. The van der Waals surface area contributed by atoms with Crippen molar-refractivity contribution in [2.75, 3.05) is 19.0 Å². The number of nitrogens with two attached hydrogens (primary N) is 1. The molecule has 0 fully saturated rings. The van der Waals surface area contributed by atoms with Crippen LogP contribution >= 0.6 is 12.2 Å². The molecular weight excluding hydrogens is 231 g/mol. The highest BCUT2D eigenvalue weighted by molar-refractivity contribution is 7.80. The second-order valence-electron chi connectivity index (χ2n) is 2.99. The zero-order chi connectivity index (χ0) is 12.1. The number of thiocarbonyl (C=S) groups is 1. The lowest BCUT2D eigenvalue weighted by Gasteiger charge is -2.07. The average Bonchev–Trinajstić information content (AvgIpc) is 2.26. The Labute approximate surface area is 97.6 Å². The highest BCUT2D eigenvalue weighted by atomic mass is 32.1. The summed E-state index contributed by atoms with van der Waals surface area (Å²) >= 11 is 4.71. The predicted octanol–water partition coefficient (Wildman–Crippen LogP) is 1.04. The fourth-order valence-corrected chi connectivity index (χ4v) is 1.18. The molecule has 0 bridgehead atoms. The normalized spacial score (nSPS) is 9.62. The van der Waals surface area contributed by atoms with Crippen LogP contribution in [0.5, 0.6) is 0 Å². The van der Waals surface area contributed by atoms with E-state index < -0.39 is 11.8 Å². The molecule has 0 amide bonds. The zero-order valence-electron chi connectivity index (χ0n) is 8.62. The highest BCUT2D eigenvalue weighted by Gasteiger charge is 2.06. The zero-order valence-corrected chi connectivity index (χ0v) is 9.44. The van der Waals surface area contributed by atoms with Gasteiger partial charge in [0.05, 0.1) is 12.8 Å². The molecule has 0 aliphatic heterocycles. The van der Waals surface area contributed by atoms with Gasteiger partial charge in [-0.3, -0.25) is 4.79 Å². The van der Waals surface area contributed by atoms with E-state index in [4.69, 9.17) is 18.0 Å². The molecule has 0 atom stereocenters. The number of methoxy groups -OCH3 is 1. The number of anilines is 1. The van der Waals surface area contributed by atoms with E-state index in [-0.39, 0.29) is 17.2 Å². The van der Waals surface area contributed by atoms with Crippen molar-refractivity contribution in [1.82, 2.24) is 0 Å². The van der Waals surface area contributed by atoms with Gasteiger partial charge in [0.2, 0.25) is 0 Å². The van der Waals surface area contributed by atoms with Gasteiger partial charge in [0.1, 0.15) is 17.4 Å². The minimum Gasteiger partial charge on any atom is -0.468 e. The molecule has 0 unspecified atom stereocenters. The highest BCUT2D eigenvalue weighted by Crippen LogP contribution is 2.15. The van der Waals surface area contributed by atoms with Crippen molar-refractivity contribution in [2.45, 2.75) is 0 Å². The van der Waals surface area contributed by atoms with Crippen LogP contribution in [0.1, 0.15) is 5.56 Å². The van der Waals surface area contributed by atoms with E-state index in [1.807, 2.05) is 0 Å². The van der Waals surface area contributed by atoms with Crippen molar-refractivity contribution in [2.24, 2.45) is 5.73 Å². The molecule has 0 aliphatic carbocycles. The number of hydrogen-bond acceptors (Lipinski definition) is 4. The molecule has 86 valence electrons. The number of ether oxygens (including phenoxy) is 1. The maximum absolute atomic E-state index is 13.4. The first-order chi connectivity index (χ1) is 7.54. The van der Waals surface area contributed by atoms with Crippen LogP contribution in [0, 0.1) is 5.82 Å². The van der Waals surface area contributed by atoms with Gasteiger partial charge >= 0.3 is 5.97 Å². The van der Waals surface area contributed by atoms with Crippen LogP contribution in [0.25, 0.3) is 0 Å². The molecule has 1 aromatic rings. The van der Waals surface area contributed by atoms with E-state index in [9.17, 15) is 9.18 Å². The molecule has 0 saturated carbocycles. The Balaban J connectivity index is 2.75. The SMILES string of the molecule is COC(=O)CNc1ccc(C(N)=S)cc1F. The third-order valence-electron chi connectivity index (χ3n) is 1.90. The second-order valence-corrected chi connectivity index (χ2v) is 3.43. The van der Waals surface area contributed by atoms with E-state index in [1.165, 1.54) is 19.2 Å². The molecule has 1 aromatic carbocycles. The summed E-state index contributed by atoms with van der Waals surface area (Å²) in [5.41, 5.74) is 5.99. The Hall–Kier alpha value is -1.69. The summed E-state index contributed by atoms with van der Waals surface area (Å²) < 4.78 is 17.8. The standard InChI is InChI=1S/C10H11FN2O2S/c1-15-9(14)5-13-8-3-2-6(10(12)16)4-7(8)11/h2-4,13H,5H2,1H3,(H2,12,16). The smallest absolute Gasteiger partial charge is 0.325 e. The number of carbonyl (C=O) groups excluding carboxylic acids is 1. The molecule has 3 N–H and O–H groups in total. The van der Waals surface area contributed by atoms with Crippen molar-refractivity contribution in [1.29, 1.82) is 0 Å². The molecule has 0 saturated heterocycles. The number of hydrogen-bond donors (Lipinski definition) is 2. The van der Waals surface area contributed by atoms with Crippen molar-refractivity contribution in [3.63, 3.8) is 0 Å². The third kappa shape index (κ3) is 3.16. The Kier molecular flexibility index (Phi) is 4.19. The van der Waals surface area contributed by atoms with Gasteiger partial charge in [-0.1, -0.05) is 12.2 Å². The summed E-state index contributed by atoms with van der Waals surface area (Å²) in [6, 6.07) is 4.25. The van der Waals surface area contributed by atoms with Crippen LogP contribution in [0.2, 0.25) is 0 Å². The molecule has 0 heterocycles. The van der Waals surface area contributed by atoms with Crippen molar-refractivity contribution in [3.8, 4) is 0 Å². The maximum Gasteiger partial charge on any atom is 0.325 e. The predicted molar refractivity (Wildman–Crippen MR) is 62.8 cm³/mol. The lowest BCUT2D eigenvalue weighted by molar-refractivity contribution is -0.138. The topological polar surface area (TPSA) is 64.3 Å². The first-order valence-corrected chi connectivity index (χ1v) is 4.85. The van der Waals surface area contributed by atoms with Gasteiger partial charge in [-0.25, -0.2) is 4.39 Å². The minimum absolute atomic E-state index is 0.0974. The van der Waals surface area contributed by atoms with E-state index in [1.54, 1.807) is 6.07 Å². The number of rotatable bonds is 4. The molecule has 4 nitrogen and oxygen atoms in total. The summed E-state index contributed by atoms with van der Waals surface area (Å²) in [5.74, 6) is -0.993. The van der Waals surface area contributed by atoms with Gasteiger partial charge in [0, 0.05) is 5.56 Å². The van der Waals surface area contributed by atoms with Gasteiger partial charge in [0.15, 0.2) is 0 Å². The summed E-state index contributed by atoms with van der Waals surface area (Å²) in [6.45, 7) is -0.0974. The average molecular weight is 242 g/mol. The number of carbonyl (C=O) groups is 1. The first-order valence-electron chi connectivity index (χ1n) is 4.44. The van der Waals surface area contributed by atoms with Gasteiger partial charge < -0.3 is 15.8 Å². The van der Waals surface area contributed by atoms with Crippen LogP contribution in [0.4, 0.5) is 10.1 Å². The summed E-state index contributed by atoms with van der Waals surface area (Å²) in [7, 11) is 1.26. The molecule has 1 rings (SSSR count). The maximum atomic E-state index is 13.4. The third-order valence-corrected chi connectivity index (χ3v) is 2.14. The molecule has 0 radical (unpaired) electrons. The quantitative estimate of drug-likeness (QED) is 0.610. The van der Waals surface area contributed by atoms with E-state index >= 15 is 0 Å². The Morgan fingerprint density at radius 2 is 2.31 bits per heavy atom. The fourth-order valence-electron chi connectivity index (χ4n) is 1.05. The van der Waals surface area contributed by atoms with Crippen LogP contribution in [-0.2, 0) is 9.53 Å². The Morgan fingerprint density at radius 3 is 2.81 bits per heavy atom. The van der Waals surface area contributed by atoms with Crippen molar-refractivity contribution < 1.29 is 13.9 Å². The van der Waals surface area contributed by atoms with Gasteiger partial charge in [0.25, 0.3) is 0 Å². The van der Waals surface area contributed by atoms with Crippen LogP contribution in [-0.4, -0.2) is 24.6 Å². The summed E-state index contributed by atoms with van der Waals surface area (Å²) in [5, 5.41) is 2.60. The lowest BCUT2D eigenvalue weighted by atomic mass is 10.2. The summed E-state index contributed by atoms with van der Waals surface area (Å²) in [4.78, 5) is 10.9. The molecule has 6 heteroatoms. The Bertz CT molecular complexity index is 423. The molecule has 0 aliphatic rings. The number of halogens is 1. The van der Waals surface area contributed by atoms with E-state index in [2.05, 4.69) is 10.1 Å². The van der Waals surface area contributed by atoms with Crippen molar-refractivity contribution in [3.05, 3.63) is 29.6 Å². The van der Waals surface area contributed by atoms with E-state index in [0.29, 0.717) is 5.56 Å². The number of benzene rings is 1. The van der Waals surface area contributed by atoms with Gasteiger partial charge in [-0.05, 0) is 18.2 Å². The van der Waals surface area contributed by atoms with Crippen LogP contribution < -0.4 is 11.1 Å². The van der Waals surface area contributed by atoms with Gasteiger partial charge in [-0.15, -0.1) is 0 Å². The first kappa shape index (κ1) is 12.4. The van der Waals surface area contributed by atoms with Crippen LogP contribution in [0.3, 0.4) is 0 Å². The largest absolute Gasteiger partial charge is 0.468 e. The van der Waals surface area contributed by atoms with E-state index in [0.717, 1.165) is 0 Å². The fraction of sp³-hybridized carbons (Fsp3) is 0.200. The molecule has 0 spiro atoms. The number of esters is 1. The lowest BCUT2D eigenvalue weighted by Crippen LogP contribution is -2.16. The summed E-state index contributed by atoms with van der Waals surface area (Å²) in [6.07, 6.45) is 0. The minimum atomic E-state index is -0.519. The second kappa shape index (κ2) is 5.41. The molecule has 16 heavy (non-hydrogen) atoms. The monoisotopic (exact) mass is 242 g/mol. The van der Waals surface area contributed by atoms with Crippen molar-refractivity contribution >= 4 is 28.9 Å². The number of nitrogens with one attached hydrogen (secondary N) is 1. The molecular formula is C10H11FN2O2S.